The average molecular weight is 327 g/mol. The standard InChI is InChI=1S/C12H11BrN2O2S/c1-7-6-18-12(14-7)15-11(16)8-3-4-10(17-2)9(13)5-8/h3-6H,1-2H3,(H,14,15,16). The Bertz CT molecular complexity index is 583. The Kier molecular flexibility index (Phi) is 3.98. The molecule has 0 fully saturated rings. The number of amides is 1. The van der Waals surface area contributed by atoms with Crippen LogP contribution in [0.15, 0.2) is 28.1 Å². The minimum atomic E-state index is -0.187. The molecule has 94 valence electrons. The van der Waals surface area contributed by atoms with E-state index < -0.39 is 0 Å². The summed E-state index contributed by atoms with van der Waals surface area (Å²) in [5, 5.41) is 5.24. The van der Waals surface area contributed by atoms with Crippen LogP contribution in [0.4, 0.5) is 5.13 Å². The van der Waals surface area contributed by atoms with Gasteiger partial charge in [-0.3, -0.25) is 10.1 Å². The summed E-state index contributed by atoms with van der Waals surface area (Å²) in [6.07, 6.45) is 0. The molecule has 0 aliphatic rings. The number of hydrogen-bond acceptors (Lipinski definition) is 4. The van der Waals surface area contributed by atoms with Crippen LogP contribution in [0.3, 0.4) is 0 Å². The number of aryl methyl sites for hydroxylation is 1. The summed E-state index contributed by atoms with van der Waals surface area (Å²) in [6.45, 7) is 1.89. The molecule has 1 amide bonds. The molecule has 1 N–H and O–H groups in total. The average Bonchev–Trinajstić information content (AvgIpc) is 2.74. The summed E-state index contributed by atoms with van der Waals surface area (Å²) in [7, 11) is 1.58. The van der Waals surface area contributed by atoms with Crippen LogP contribution in [0.25, 0.3) is 0 Å². The molecule has 0 spiro atoms. The van der Waals surface area contributed by atoms with Crippen LogP contribution >= 0.6 is 27.3 Å². The number of methoxy groups -OCH3 is 1. The molecule has 1 aromatic heterocycles. The molecule has 0 saturated carbocycles. The smallest absolute Gasteiger partial charge is 0.257 e. The van der Waals surface area contributed by atoms with E-state index in [1.807, 2.05) is 12.3 Å². The minimum absolute atomic E-state index is 0.187. The van der Waals surface area contributed by atoms with Gasteiger partial charge in [0.1, 0.15) is 5.75 Å². The van der Waals surface area contributed by atoms with E-state index in [0.29, 0.717) is 16.4 Å². The Morgan fingerprint density at radius 3 is 2.83 bits per heavy atom. The van der Waals surface area contributed by atoms with Gasteiger partial charge in [-0.25, -0.2) is 4.98 Å². The molecule has 1 heterocycles. The second kappa shape index (κ2) is 5.49. The largest absolute Gasteiger partial charge is 0.496 e. The van der Waals surface area contributed by atoms with Gasteiger partial charge in [-0.2, -0.15) is 0 Å². The van der Waals surface area contributed by atoms with Gasteiger partial charge in [0.05, 0.1) is 17.3 Å². The highest BCUT2D eigenvalue weighted by atomic mass is 79.9. The molecule has 0 radical (unpaired) electrons. The highest BCUT2D eigenvalue weighted by molar-refractivity contribution is 9.10. The number of nitrogens with one attached hydrogen (secondary N) is 1. The van der Waals surface area contributed by atoms with Crippen molar-refractivity contribution in [3.05, 3.63) is 39.3 Å². The topological polar surface area (TPSA) is 51.2 Å². The van der Waals surface area contributed by atoms with E-state index in [0.717, 1.165) is 10.2 Å². The maximum absolute atomic E-state index is 12.0. The number of rotatable bonds is 3. The maximum Gasteiger partial charge on any atom is 0.257 e. The fourth-order valence-electron chi connectivity index (χ4n) is 1.39. The van der Waals surface area contributed by atoms with Crippen LogP contribution in [0.1, 0.15) is 16.1 Å². The molecule has 0 aliphatic heterocycles. The van der Waals surface area contributed by atoms with E-state index in [-0.39, 0.29) is 5.91 Å². The number of anilines is 1. The number of carbonyl (C=O) groups is 1. The predicted octanol–water partition coefficient (Wildman–Crippen LogP) is 3.47. The fourth-order valence-corrected chi connectivity index (χ4v) is 2.61. The first-order valence-electron chi connectivity index (χ1n) is 5.17. The van der Waals surface area contributed by atoms with Gasteiger partial charge < -0.3 is 4.74 Å². The van der Waals surface area contributed by atoms with Crippen molar-refractivity contribution in [3.8, 4) is 5.75 Å². The molecular weight excluding hydrogens is 316 g/mol. The van der Waals surface area contributed by atoms with Crippen molar-refractivity contribution in [2.45, 2.75) is 6.92 Å². The zero-order chi connectivity index (χ0) is 13.1. The number of carbonyl (C=O) groups excluding carboxylic acids is 1. The van der Waals surface area contributed by atoms with E-state index in [4.69, 9.17) is 4.74 Å². The maximum atomic E-state index is 12.0. The molecule has 2 aromatic rings. The van der Waals surface area contributed by atoms with Gasteiger partial charge in [-0.1, -0.05) is 0 Å². The number of benzene rings is 1. The third-order valence-corrected chi connectivity index (χ3v) is 3.75. The van der Waals surface area contributed by atoms with Crippen molar-refractivity contribution in [2.24, 2.45) is 0 Å². The first-order chi connectivity index (χ1) is 8.60. The normalized spacial score (nSPS) is 10.2. The lowest BCUT2D eigenvalue weighted by molar-refractivity contribution is 0.102. The molecule has 0 bridgehead atoms. The number of ether oxygens (including phenoxy) is 1. The first-order valence-corrected chi connectivity index (χ1v) is 6.84. The van der Waals surface area contributed by atoms with Crippen LogP contribution in [0.2, 0.25) is 0 Å². The van der Waals surface area contributed by atoms with Gasteiger partial charge in [-0.05, 0) is 41.1 Å². The highest BCUT2D eigenvalue weighted by Gasteiger charge is 2.10. The van der Waals surface area contributed by atoms with Crippen LogP contribution in [-0.4, -0.2) is 18.0 Å². The summed E-state index contributed by atoms with van der Waals surface area (Å²) in [6, 6.07) is 5.17. The molecule has 4 nitrogen and oxygen atoms in total. The van der Waals surface area contributed by atoms with Gasteiger partial charge in [0.15, 0.2) is 5.13 Å². The fraction of sp³-hybridized carbons (Fsp3) is 0.167. The minimum Gasteiger partial charge on any atom is -0.496 e. The Hall–Kier alpha value is -1.40. The van der Waals surface area contributed by atoms with Gasteiger partial charge in [-0.15, -0.1) is 11.3 Å². The number of hydrogen-bond donors (Lipinski definition) is 1. The molecular formula is C12H11BrN2O2S. The summed E-state index contributed by atoms with van der Waals surface area (Å²) >= 11 is 4.75. The van der Waals surface area contributed by atoms with Gasteiger partial charge in [0, 0.05) is 10.9 Å². The monoisotopic (exact) mass is 326 g/mol. The number of halogens is 1. The van der Waals surface area contributed by atoms with Gasteiger partial charge in [0.2, 0.25) is 0 Å². The zero-order valence-electron chi connectivity index (χ0n) is 9.86. The molecule has 6 heteroatoms. The van der Waals surface area contributed by atoms with Gasteiger partial charge >= 0.3 is 0 Å². The van der Waals surface area contributed by atoms with Crippen molar-refractivity contribution in [2.75, 3.05) is 12.4 Å². The molecule has 0 atom stereocenters. The van der Waals surface area contributed by atoms with E-state index in [2.05, 4.69) is 26.2 Å². The lowest BCUT2D eigenvalue weighted by Crippen LogP contribution is -2.11. The summed E-state index contributed by atoms with van der Waals surface area (Å²) in [4.78, 5) is 16.2. The van der Waals surface area contributed by atoms with Crippen LogP contribution in [-0.2, 0) is 0 Å². The molecule has 18 heavy (non-hydrogen) atoms. The molecule has 0 saturated heterocycles. The number of nitrogens with zero attached hydrogens (tertiary/aromatic N) is 1. The Labute approximate surface area is 117 Å². The van der Waals surface area contributed by atoms with E-state index >= 15 is 0 Å². The SMILES string of the molecule is COc1ccc(C(=O)Nc2nc(C)cs2)cc1Br. The first kappa shape index (κ1) is 13.0. The van der Waals surface area contributed by atoms with Crippen molar-refractivity contribution in [1.29, 1.82) is 0 Å². The van der Waals surface area contributed by atoms with E-state index in [9.17, 15) is 4.79 Å². The van der Waals surface area contributed by atoms with Crippen LogP contribution in [0.5, 0.6) is 5.75 Å². The van der Waals surface area contributed by atoms with Crippen molar-refractivity contribution in [3.63, 3.8) is 0 Å². The van der Waals surface area contributed by atoms with Crippen molar-refractivity contribution >= 4 is 38.3 Å². The summed E-state index contributed by atoms with van der Waals surface area (Å²) in [5.74, 6) is 0.504. The second-order valence-corrected chi connectivity index (χ2v) is 5.31. The zero-order valence-corrected chi connectivity index (χ0v) is 12.3. The number of thiazole rings is 1. The van der Waals surface area contributed by atoms with Crippen molar-refractivity contribution in [1.82, 2.24) is 4.98 Å². The molecule has 0 unspecified atom stereocenters. The summed E-state index contributed by atoms with van der Waals surface area (Å²) < 4.78 is 5.86. The Balaban J connectivity index is 2.16. The second-order valence-electron chi connectivity index (χ2n) is 3.60. The predicted molar refractivity (Wildman–Crippen MR) is 75.5 cm³/mol. The number of aromatic nitrogens is 1. The summed E-state index contributed by atoms with van der Waals surface area (Å²) in [5.41, 5.74) is 1.45. The van der Waals surface area contributed by atoms with Crippen molar-refractivity contribution < 1.29 is 9.53 Å². The quantitative estimate of drug-likeness (QED) is 0.939. The van der Waals surface area contributed by atoms with Gasteiger partial charge in [0.25, 0.3) is 5.91 Å². The lowest BCUT2D eigenvalue weighted by atomic mass is 10.2. The Morgan fingerprint density at radius 2 is 2.28 bits per heavy atom. The van der Waals surface area contributed by atoms with E-state index in [1.165, 1.54) is 11.3 Å². The van der Waals surface area contributed by atoms with Crippen LogP contribution < -0.4 is 10.1 Å². The molecule has 2 rings (SSSR count). The third-order valence-electron chi connectivity index (χ3n) is 2.25. The Morgan fingerprint density at radius 1 is 1.50 bits per heavy atom. The highest BCUT2D eigenvalue weighted by Crippen LogP contribution is 2.26. The lowest BCUT2D eigenvalue weighted by Gasteiger charge is -2.06. The molecule has 0 aliphatic carbocycles. The third kappa shape index (κ3) is 2.88. The van der Waals surface area contributed by atoms with E-state index in [1.54, 1.807) is 25.3 Å². The van der Waals surface area contributed by atoms with Crippen LogP contribution in [0, 0.1) is 6.92 Å². The molecule has 1 aromatic carbocycles.